The van der Waals surface area contributed by atoms with Gasteiger partial charge in [0.1, 0.15) is 17.5 Å². The second-order valence-corrected chi connectivity index (χ2v) is 9.21. The van der Waals surface area contributed by atoms with Crippen molar-refractivity contribution in [1.29, 1.82) is 5.26 Å². The number of methoxy groups -OCH3 is 2. The van der Waals surface area contributed by atoms with Crippen molar-refractivity contribution >= 4 is 29.1 Å². The number of nitrogens with one attached hydrogen (secondary N) is 1. The minimum Gasteiger partial charge on any atom is -0.496 e. The third kappa shape index (κ3) is 5.82. The minimum atomic E-state index is -1.05. The Balaban J connectivity index is 1.79. The lowest BCUT2D eigenvalue weighted by Crippen LogP contribution is -2.34. The van der Waals surface area contributed by atoms with Gasteiger partial charge in [-0.15, -0.1) is 0 Å². The number of aromatic nitrogens is 3. The summed E-state index contributed by atoms with van der Waals surface area (Å²) in [5.74, 6) is -0.771. The molecule has 4 rings (SSSR count). The number of ether oxygens (including phenoxy) is 2. The average Bonchev–Trinajstić information content (AvgIpc) is 3.35. The molecule has 0 radical (unpaired) electrons. The van der Waals surface area contributed by atoms with Gasteiger partial charge in [0.15, 0.2) is 0 Å². The molecule has 204 valence electrons. The van der Waals surface area contributed by atoms with Gasteiger partial charge >= 0.3 is 0 Å². The third-order valence-corrected chi connectivity index (χ3v) is 6.44. The molecular formula is C28H25ClN6O5. The highest BCUT2D eigenvalue weighted by Crippen LogP contribution is 2.34. The van der Waals surface area contributed by atoms with E-state index in [4.69, 9.17) is 26.8 Å². The summed E-state index contributed by atoms with van der Waals surface area (Å²) in [5, 5.41) is 17.1. The smallest absolute Gasteiger partial charge is 0.252 e. The summed E-state index contributed by atoms with van der Waals surface area (Å²) < 4.78 is 13.7. The van der Waals surface area contributed by atoms with Crippen molar-refractivity contribution in [1.82, 2.24) is 14.3 Å². The molecule has 40 heavy (non-hydrogen) atoms. The molecule has 3 N–H and O–H groups in total. The molecule has 2 aromatic carbocycles. The molecule has 0 aliphatic rings. The minimum absolute atomic E-state index is 0.0756. The second-order valence-electron chi connectivity index (χ2n) is 8.77. The highest BCUT2D eigenvalue weighted by molar-refractivity contribution is 6.31. The number of carbonyl (C=O) groups excluding carboxylic acids is 2. The van der Waals surface area contributed by atoms with E-state index in [1.165, 1.54) is 49.2 Å². The number of carbonyl (C=O) groups is 2. The van der Waals surface area contributed by atoms with Gasteiger partial charge in [0.25, 0.3) is 11.5 Å². The average molecular weight is 561 g/mol. The van der Waals surface area contributed by atoms with Crippen LogP contribution < -0.4 is 26.1 Å². The first-order chi connectivity index (χ1) is 19.1. The fraction of sp³-hybridized carbons (Fsp3) is 0.179. The lowest BCUT2D eigenvalue weighted by Gasteiger charge is -2.21. The summed E-state index contributed by atoms with van der Waals surface area (Å²) >= 11 is 6.17. The topological polar surface area (TPSA) is 154 Å². The number of hydrogen-bond acceptors (Lipinski definition) is 7. The Labute approximate surface area is 234 Å². The molecule has 0 saturated carbocycles. The largest absolute Gasteiger partial charge is 0.496 e. The van der Waals surface area contributed by atoms with Gasteiger partial charge in [0, 0.05) is 53.6 Å². The van der Waals surface area contributed by atoms with E-state index in [0.717, 1.165) is 0 Å². The van der Waals surface area contributed by atoms with E-state index in [1.54, 1.807) is 42.2 Å². The van der Waals surface area contributed by atoms with Crippen molar-refractivity contribution in [3.05, 3.63) is 93.1 Å². The number of nitrogens with two attached hydrogens (primary N) is 1. The molecule has 11 nitrogen and oxygen atoms in total. The van der Waals surface area contributed by atoms with E-state index < -0.39 is 23.4 Å². The number of nitriles is 1. The van der Waals surface area contributed by atoms with Crippen LogP contribution in [0.1, 0.15) is 27.7 Å². The molecular weight excluding hydrogens is 536 g/mol. The zero-order valence-electron chi connectivity index (χ0n) is 21.8. The molecule has 2 aromatic heterocycles. The molecule has 1 unspecified atom stereocenters. The first-order valence-corrected chi connectivity index (χ1v) is 12.3. The lowest BCUT2D eigenvalue weighted by atomic mass is 10.00. The molecule has 2 amide bonds. The summed E-state index contributed by atoms with van der Waals surface area (Å²) in [7, 11) is 4.54. The maximum Gasteiger partial charge on any atom is 0.252 e. The van der Waals surface area contributed by atoms with E-state index in [2.05, 4.69) is 16.5 Å². The normalized spacial score (nSPS) is 11.4. The molecule has 0 aliphatic carbocycles. The Hall–Kier alpha value is -5.08. The Morgan fingerprint density at radius 3 is 2.48 bits per heavy atom. The maximum atomic E-state index is 13.7. The van der Waals surface area contributed by atoms with Crippen LogP contribution in [0.2, 0.25) is 5.02 Å². The van der Waals surface area contributed by atoms with Crippen LogP contribution in [0.25, 0.3) is 11.1 Å². The number of amides is 2. The number of hydrogen-bond donors (Lipinski definition) is 2. The fourth-order valence-electron chi connectivity index (χ4n) is 4.27. The molecule has 2 heterocycles. The summed E-state index contributed by atoms with van der Waals surface area (Å²) in [4.78, 5) is 38.8. The summed E-state index contributed by atoms with van der Waals surface area (Å²) in [6.45, 7) is 0. The standard InChI is InChI=1S/C28H25ClN6O5/c1-34-9-8-19(33-34)11-23(28(38)32-18-6-7-20(27(31)37)24(12-18)39-2)35-15-25(40-3)22(13-26(35)36)21-10-17(29)5-4-16(21)14-30/h4-10,12-13,15,23H,11H2,1-3H3,(H2,31,37)(H,32,38). The van der Waals surface area contributed by atoms with E-state index in [9.17, 15) is 19.6 Å². The number of anilines is 1. The van der Waals surface area contributed by atoms with Crippen LogP contribution >= 0.6 is 11.6 Å². The number of pyridine rings is 1. The second kappa shape index (κ2) is 11.8. The third-order valence-electron chi connectivity index (χ3n) is 6.20. The van der Waals surface area contributed by atoms with Gasteiger partial charge in [-0.1, -0.05) is 11.6 Å². The first kappa shape index (κ1) is 27.9. The van der Waals surface area contributed by atoms with E-state index in [1.807, 2.05) is 0 Å². The molecule has 0 fully saturated rings. The van der Waals surface area contributed by atoms with Crippen LogP contribution in [-0.2, 0) is 18.3 Å². The van der Waals surface area contributed by atoms with Gasteiger partial charge in [-0.3, -0.25) is 23.6 Å². The Kier molecular flexibility index (Phi) is 8.21. The molecule has 0 saturated heterocycles. The molecule has 0 spiro atoms. The predicted octanol–water partition coefficient (Wildman–Crippen LogP) is 3.31. The van der Waals surface area contributed by atoms with Crippen molar-refractivity contribution < 1.29 is 19.1 Å². The highest BCUT2D eigenvalue weighted by atomic mass is 35.5. The number of halogens is 1. The van der Waals surface area contributed by atoms with Gasteiger partial charge in [0.2, 0.25) is 5.91 Å². The summed E-state index contributed by atoms with van der Waals surface area (Å²) in [6.07, 6.45) is 3.22. The number of benzene rings is 2. The van der Waals surface area contributed by atoms with Crippen molar-refractivity contribution in [2.24, 2.45) is 12.8 Å². The molecule has 1 atom stereocenters. The zero-order chi connectivity index (χ0) is 29.0. The highest BCUT2D eigenvalue weighted by Gasteiger charge is 2.26. The van der Waals surface area contributed by atoms with Crippen LogP contribution in [0.3, 0.4) is 0 Å². The number of primary amides is 1. The van der Waals surface area contributed by atoms with E-state index in [-0.39, 0.29) is 23.5 Å². The monoisotopic (exact) mass is 560 g/mol. The van der Waals surface area contributed by atoms with Crippen molar-refractivity contribution in [2.75, 3.05) is 19.5 Å². The Bertz CT molecular complexity index is 1700. The van der Waals surface area contributed by atoms with Gasteiger partial charge in [-0.25, -0.2) is 0 Å². The van der Waals surface area contributed by atoms with Crippen molar-refractivity contribution in [2.45, 2.75) is 12.5 Å². The number of aryl methyl sites for hydroxylation is 1. The van der Waals surface area contributed by atoms with Crippen LogP contribution in [0.4, 0.5) is 5.69 Å². The molecule has 0 bridgehead atoms. The van der Waals surface area contributed by atoms with Crippen LogP contribution in [0.15, 0.2) is 65.7 Å². The van der Waals surface area contributed by atoms with E-state index >= 15 is 0 Å². The lowest BCUT2D eigenvalue weighted by molar-refractivity contribution is -0.119. The number of rotatable bonds is 9. The Morgan fingerprint density at radius 2 is 1.85 bits per heavy atom. The van der Waals surface area contributed by atoms with Crippen LogP contribution in [-0.4, -0.2) is 40.4 Å². The van der Waals surface area contributed by atoms with E-state index in [0.29, 0.717) is 33.1 Å². The van der Waals surface area contributed by atoms with Crippen molar-refractivity contribution in [3.8, 4) is 28.7 Å². The van der Waals surface area contributed by atoms with Gasteiger partial charge in [-0.05, 0) is 36.4 Å². The summed E-state index contributed by atoms with van der Waals surface area (Å²) in [6, 6.07) is 13.2. The van der Waals surface area contributed by atoms with Gasteiger partial charge < -0.3 is 20.5 Å². The fourth-order valence-corrected chi connectivity index (χ4v) is 4.44. The predicted molar refractivity (Wildman–Crippen MR) is 149 cm³/mol. The molecule has 0 aliphatic heterocycles. The van der Waals surface area contributed by atoms with Crippen molar-refractivity contribution in [3.63, 3.8) is 0 Å². The first-order valence-electron chi connectivity index (χ1n) is 11.9. The van der Waals surface area contributed by atoms with Gasteiger partial charge in [0.05, 0.1) is 43.3 Å². The molecule has 12 heteroatoms. The van der Waals surface area contributed by atoms with Gasteiger partial charge in [-0.2, -0.15) is 10.4 Å². The summed E-state index contributed by atoms with van der Waals surface area (Å²) in [5.41, 5.74) is 7.00. The zero-order valence-corrected chi connectivity index (χ0v) is 22.6. The van der Waals surface area contributed by atoms with Crippen LogP contribution in [0, 0.1) is 11.3 Å². The Morgan fingerprint density at radius 1 is 1.10 bits per heavy atom. The maximum absolute atomic E-state index is 13.7. The van der Waals surface area contributed by atoms with Crippen LogP contribution in [0.5, 0.6) is 11.5 Å². The SMILES string of the molecule is COc1cc(NC(=O)C(Cc2ccn(C)n2)n2cc(OC)c(-c3cc(Cl)ccc3C#N)cc2=O)ccc1C(N)=O. The quantitative estimate of drug-likeness (QED) is 0.318. The number of nitrogens with zero attached hydrogens (tertiary/aromatic N) is 4. The molecule has 4 aromatic rings.